The lowest BCUT2D eigenvalue weighted by atomic mass is 10.2. The van der Waals surface area contributed by atoms with Crippen molar-refractivity contribution in [2.75, 3.05) is 30.9 Å². The second-order valence-corrected chi connectivity index (χ2v) is 4.31. The SMILES string of the molecule is CN(C)c1ccc(N(C)c2ccccc2)cc1. The van der Waals surface area contributed by atoms with Gasteiger partial charge in [0.25, 0.3) is 0 Å². The van der Waals surface area contributed by atoms with E-state index in [1.165, 1.54) is 17.1 Å². The van der Waals surface area contributed by atoms with Gasteiger partial charge in [-0.15, -0.1) is 0 Å². The molecule has 0 saturated heterocycles. The summed E-state index contributed by atoms with van der Waals surface area (Å²) in [6, 6.07) is 18.9. The van der Waals surface area contributed by atoms with E-state index < -0.39 is 0 Å². The van der Waals surface area contributed by atoms with Crippen LogP contribution < -0.4 is 9.80 Å². The highest BCUT2D eigenvalue weighted by atomic mass is 15.1. The lowest BCUT2D eigenvalue weighted by Gasteiger charge is -2.20. The zero-order valence-electron chi connectivity index (χ0n) is 10.6. The van der Waals surface area contributed by atoms with Gasteiger partial charge in [-0.1, -0.05) is 18.2 Å². The third-order valence-corrected chi connectivity index (χ3v) is 2.90. The molecule has 0 fully saturated rings. The smallest absolute Gasteiger partial charge is 0.0409 e. The number of para-hydroxylation sites is 1. The van der Waals surface area contributed by atoms with E-state index in [1.54, 1.807) is 0 Å². The van der Waals surface area contributed by atoms with E-state index in [0.29, 0.717) is 0 Å². The van der Waals surface area contributed by atoms with Gasteiger partial charge in [0.15, 0.2) is 0 Å². The van der Waals surface area contributed by atoms with Crippen molar-refractivity contribution in [1.82, 2.24) is 0 Å². The Kier molecular flexibility index (Phi) is 3.33. The molecule has 0 aliphatic carbocycles. The van der Waals surface area contributed by atoms with Crippen molar-refractivity contribution in [3.05, 3.63) is 54.6 Å². The normalized spacial score (nSPS) is 10.1. The second-order valence-electron chi connectivity index (χ2n) is 4.31. The summed E-state index contributed by atoms with van der Waals surface area (Å²) in [6.07, 6.45) is 0. The highest BCUT2D eigenvalue weighted by Gasteiger charge is 2.03. The van der Waals surface area contributed by atoms with Gasteiger partial charge in [-0.3, -0.25) is 0 Å². The Balaban J connectivity index is 2.23. The molecule has 0 bridgehead atoms. The van der Waals surface area contributed by atoms with Gasteiger partial charge in [0.2, 0.25) is 0 Å². The molecule has 0 radical (unpaired) electrons. The summed E-state index contributed by atoms with van der Waals surface area (Å²) in [4.78, 5) is 4.28. The van der Waals surface area contributed by atoms with Crippen LogP contribution in [0.15, 0.2) is 54.6 Å². The molecule has 0 aromatic heterocycles. The first-order valence-electron chi connectivity index (χ1n) is 5.74. The van der Waals surface area contributed by atoms with Gasteiger partial charge in [0.1, 0.15) is 0 Å². The molecule has 0 unspecified atom stereocenters. The second kappa shape index (κ2) is 4.91. The first-order valence-corrected chi connectivity index (χ1v) is 5.74. The van der Waals surface area contributed by atoms with Crippen LogP contribution in [0.1, 0.15) is 0 Å². The molecule has 2 nitrogen and oxygen atoms in total. The maximum absolute atomic E-state index is 2.18. The number of nitrogens with zero attached hydrogens (tertiary/aromatic N) is 2. The fraction of sp³-hybridized carbons (Fsp3) is 0.200. The minimum absolute atomic E-state index is 1.20. The topological polar surface area (TPSA) is 6.48 Å². The first kappa shape index (κ1) is 11.5. The van der Waals surface area contributed by atoms with Crippen LogP contribution >= 0.6 is 0 Å². The highest BCUT2D eigenvalue weighted by molar-refractivity contribution is 5.64. The molecule has 2 aromatic rings. The van der Waals surface area contributed by atoms with Crippen molar-refractivity contribution < 1.29 is 0 Å². The van der Waals surface area contributed by atoms with E-state index in [0.717, 1.165) is 0 Å². The van der Waals surface area contributed by atoms with Crippen LogP contribution in [0.4, 0.5) is 17.1 Å². The number of anilines is 3. The van der Waals surface area contributed by atoms with Crippen molar-refractivity contribution in [3.8, 4) is 0 Å². The summed E-state index contributed by atoms with van der Waals surface area (Å²) in [6.45, 7) is 0. The van der Waals surface area contributed by atoms with E-state index in [9.17, 15) is 0 Å². The van der Waals surface area contributed by atoms with Crippen LogP contribution in [-0.4, -0.2) is 21.1 Å². The van der Waals surface area contributed by atoms with Crippen LogP contribution in [0.25, 0.3) is 0 Å². The van der Waals surface area contributed by atoms with Gasteiger partial charge in [0, 0.05) is 38.2 Å². The summed E-state index contributed by atoms with van der Waals surface area (Å²) >= 11 is 0. The zero-order chi connectivity index (χ0) is 12.3. The maximum atomic E-state index is 2.18. The summed E-state index contributed by atoms with van der Waals surface area (Å²) in [5, 5.41) is 0. The first-order chi connectivity index (χ1) is 8.18. The fourth-order valence-corrected chi connectivity index (χ4v) is 1.78. The van der Waals surface area contributed by atoms with Gasteiger partial charge in [-0.05, 0) is 36.4 Å². The Labute approximate surface area is 103 Å². The fourth-order valence-electron chi connectivity index (χ4n) is 1.78. The highest BCUT2D eigenvalue weighted by Crippen LogP contribution is 2.24. The average molecular weight is 226 g/mol. The van der Waals surface area contributed by atoms with E-state index in [1.807, 2.05) is 6.07 Å². The van der Waals surface area contributed by atoms with Crippen molar-refractivity contribution >= 4 is 17.1 Å². The molecule has 0 N–H and O–H groups in total. The molecule has 2 heteroatoms. The molecule has 0 amide bonds. The number of benzene rings is 2. The third kappa shape index (κ3) is 2.59. The molecule has 0 heterocycles. The summed E-state index contributed by atoms with van der Waals surface area (Å²) in [5.41, 5.74) is 3.61. The summed E-state index contributed by atoms with van der Waals surface area (Å²) in [5.74, 6) is 0. The third-order valence-electron chi connectivity index (χ3n) is 2.90. The Morgan fingerprint density at radius 3 is 1.59 bits per heavy atom. The minimum atomic E-state index is 1.20. The molecule has 0 saturated carbocycles. The van der Waals surface area contributed by atoms with Gasteiger partial charge in [-0.2, -0.15) is 0 Å². The summed E-state index contributed by atoms with van der Waals surface area (Å²) in [7, 11) is 6.19. The molecule has 0 spiro atoms. The van der Waals surface area contributed by atoms with Crippen molar-refractivity contribution in [2.24, 2.45) is 0 Å². The average Bonchev–Trinajstić information content (AvgIpc) is 2.39. The molecular formula is C15H18N2. The standard InChI is InChI=1S/C15H18N2/c1-16(2)13-9-11-15(12-10-13)17(3)14-7-5-4-6-8-14/h4-12H,1-3H3. The molecule has 0 aliphatic heterocycles. The number of rotatable bonds is 3. The molecule has 0 atom stereocenters. The molecule has 2 rings (SSSR count). The zero-order valence-corrected chi connectivity index (χ0v) is 10.6. The summed E-state index contributed by atoms with van der Waals surface area (Å²) < 4.78 is 0. The van der Waals surface area contributed by atoms with Crippen LogP contribution in [0.5, 0.6) is 0 Å². The van der Waals surface area contributed by atoms with Gasteiger partial charge in [0.05, 0.1) is 0 Å². The van der Waals surface area contributed by atoms with Crippen LogP contribution in [0, 0.1) is 0 Å². The largest absolute Gasteiger partial charge is 0.378 e. The lowest BCUT2D eigenvalue weighted by Crippen LogP contribution is -2.11. The van der Waals surface area contributed by atoms with Gasteiger partial charge >= 0.3 is 0 Å². The molecule has 88 valence electrons. The van der Waals surface area contributed by atoms with Crippen molar-refractivity contribution in [3.63, 3.8) is 0 Å². The number of hydrogen-bond donors (Lipinski definition) is 0. The molecular weight excluding hydrogens is 208 g/mol. The van der Waals surface area contributed by atoms with Gasteiger partial charge < -0.3 is 9.80 Å². The maximum Gasteiger partial charge on any atom is 0.0409 e. The lowest BCUT2D eigenvalue weighted by molar-refractivity contribution is 1.13. The van der Waals surface area contributed by atoms with E-state index in [-0.39, 0.29) is 0 Å². The molecule has 0 aliphatic rings. The van der Waals surface area contributed by atoms with E-state index >= 15 is 0 Å². The van der Waals surface area contributed by atoms with Crippen molar-refractivity contribution in [1.29, 1.82) is 0 Å². The Morgan fingerprint density at radius 1 is 0.588 bits per heavy atom. The van der Waals surface area contributed by atoms with E-state index in [4.69, 9.17) is 0 Å². The monoisotopic (exact) mass is 226 g/mol. The van der Waals surface area contributed by atoms with Crippen LogP contribution in [0.2, 0.25) is 0 Å². The Bertz CT molecular complexity index is 460. The van der Waals surface area contributed by atoms with Crippen LogP contribution in [0.3, 0.4) is 0 Å². The number of hydrogen-bond acceptors (Lipinski definition) is 2. The quantitative estimate of drug-likeness (QED) is 0.790. The molecule has 17 heavy (non-hydrogen) atoms. The van der Waals surface area contributed by atoms with Gasteiger partial charge in [-0.25, -0.2) is 0 Å². The Morgan fingerprint density at radius 2 is 1.06 bits per heavy atom. The predicted molar refractivity (Wildman–Crippen MR) is 75.3 cm³/mol. The van der Waals surface area contributed by atoms with Crippen LogP contribution in [-0.2, 0) is 0 Å². The molecule has 2 aromatic carbocycles. The Hall–Kier alpha value is -1.96. The predicted octanol–water partition coefficient (Wildman–Crippen LogP) is 3.52. The van der Waals surface area contributed by atoms with E-state index in [2.05, 4.69) is 79.5 Å². The van der Waals surface area contributed by atoms with Crippen molar-refractivity contribution in [2.45, 2.75) is 0 Å². The minimum Gasteiger partial charge on any atom is -0.378 e.